The van der Waals surface area contributed by atoms with Crippen molar-refractivity contribution >= 4 is 0 Å². The number of hydrogen-bond donors (Lipinski definition) is 0. The third-order valence-electron chi connectivity index (χ3n) is 3.11. The van der Waals surface area contributed by atoms with Crippen molar-refractivity contribution in [2.75, 3.05) is 0 Å². The van der Waals surface area contributed by atoms with Gasteiger partial charge in [0.15, 0.2) is 0 Å². The van der Waals surface area contributed by atoms with Crippen molar-refractivity contribution in [1.82, 2.24) is 14.8 Å². The molecule has 4 heteroatoms. The van der Waals surface area contributed by atoms with Crippen molar-refractivity contribution < 1.29 is 0 Å². The second-order valence-electron chi connectivity index (χ2n) is 4.26. The van der Waals surface area contributed by atoms with Crippen LogP contribution < -0.4 is 0 Å². The van der Waals surface area contributed by atoms with Gasteiger partial charge in [0.1, 0.15) is 11.8 Å². The van der Waals surface area contributed by atoms with E-state index in [0.29, 0.717) is 5.69 Å². The van der Waals surface area contributed by atoms with Crippen LogP contribution in [0, 0.1) is 11.3 Å². The Kier molecular flexibility index (Phi) is 2.37. The molecule has 0 radical (unpaired) electrons. The standard InChI is InChI=1S/C13H12N4/c14-8-11-7-12(5-6-15-11)17-9-10-3-1-2-4-13(10)16-17/h5-7,9H,1-4H2. The number of aromatic nitrogens is 3. The van der Waals surface area contributed by atoms with Crippen molar-refractivity contribution in [2.45, 2.75) is 25.7 Å². The zero-order chi connectivity index (χ0) is 11.7. The van der Waals surface area contributed by atoms with Crippen LogP contribution in [-0.4, -0.2) is 14.8 Å². The summed E-state index contributed by atoms with van der Waals surface area (Å²) >= 11 is 0. The van der Waals surface area contributed by atoms with Crippen molar-refractivity contribution in [1.29, 1.82) is 5.26 Å². The molecule has 0 atom stereocenters. The number of nitriles is 1. The van der Waals surface area contributed by atoms with E-state index in [1.165, 1.54) is 24.1 Å². The fraction of sp³-hybridized carbons (Fsp3) is 0.308. The maximum atomic E-state index is 8.83. The smallest absolute Gasteiger partial charge is 0.142 e. The molecule has 0 saturated carbocycles. The van der Waals surface area contributed by atoms with E-state index in [9.17, 15) is 0 Å². The molecular formula is C13H12N4. The van der Waals surface area contributed by atoms with Gasteiger partial charge in [-0.15, -0.1) is 0 Å². The quantitative estimate of drug-likeness (QED) is 0.744. The van der Waals surface area contributed by atoms with Gasteiger partial charge in [0.2, 0.25) is 0 Å². The summed E-state index contributed by atoms with van der Waals surface area (Å²) in [4.78, 5) is 3.96. The largest absolute Gasteiger partial charge is 0.245 e. The predicted octanol–water partition coefficient (Wildman–Crippen LogP) is 2.02. The Labute approximate surface area is 99.5 Å². The van der Waals surface area contributed by atoms with Crippen LogP contribution in [0.4, 0.5) is 0 Å². The van der Waals surface area contributed by atoms with Gasteiger partial charge in [0.05, 0.1) is 11.4 Å². The van der Waals surface area contributed by atoms with Crippen molar-refractivity contribution in [3.8, 4) is 11.8 Å². The molecule has 0 spiro atoms. The number of hydrogen-bond acceptors (Lipinski definition) is 3. The Balaban J connectivity index is 2.03. The first-order chi connectivity index (χ1) is 8.36. The van der Waals surface area contributed by atoms with Crippen LogP contribution in [0.3, 0.4) is 0 Å². The summed E-state index contributed by atoms with van der Waals surface area (Å²) < 4.78 is 1.86. The highest BCUT2D eigenvalue weighted by atomic mass is 15.3. The fourth-order valence-corrected chi connectivity index (χ4v) is 2.23. The number of nitrogens with zero attached hydrogens (tertiary/aromatic N) is 4. The lowest BCUT2D eigenvalue weighted by molar-refractivity contribution is 0.671. The summed E-state index contributed by atoms with van der Waals surface area (Å²) in [7, 11) is 0. The molecule has 3 rings (SSSR count). The third kappa shape index (κ3) is 1.80. The second-order valence-corrected chi connectivity index (χ2v) is 4.26. The van der Waals surface area contributed by atoms with Gasteiger partial charge in [0.25, 0.3) is 0 Å². The lowest BCUT2D eigenvalue weighted by atomic mass is 9.99. The molecule has 2 aromatic rings. The highest BCUT2D eigenvalue weighted by Gasteiger charge is 2.14. The number of fused-ring (bicyclic) bond motifs is 1. The SMILES string of the molecule is N#Cc1cc(-n2cc3c(n2)CCCC3)ccn1. The van der Waals surface area contributed by atoms with Crippen molar-refractivity contribution in [3.05, 3.63) is 41.5 Å². The van der Waals surface area contributed by atoms with E-state index in [1.807, 2.05) is 16.8 Å². The summed E-state index contributed by atoms with van der Waals surface area (Å²) in [5, 5.41) is 13.4. The molecule has 2 heterocycles. The number of aryl methyl sites for hydroxylation is 2. The molecule has 0 unspecified atom stereocenters. The maximum absolute atomic E-state index is 8.83. The van der Waals surface area contributed by atoms with Gasteiger partial charge in [-0.2, -0.15) is 10.4 Å². The monoisotopic (exact) mass is 224 g/mol. The highest BCUT2D eigenvalue weighted by Crippen LogP contribution is 2.21. The van der Waals surface area contributed by atoms with Crippen LogP contribution >= 0.6 is 0 Å². The lowest BCUT2D eigenvalue weighted by Crippen LogP contribution is -2.00. The normalized spacial score (nSPS) is 14.1. The summed E-state index contributed by atoms with van der Waals surface area (Å²) in [5.41, 5.74) is 3.88. The van der Waals surface area contributed by atoms with Gasteiger partial charge in [0, 0.05) is 18.5 Å². The van der Waals surface area contributed by atoms with Crippen LogP contribution in [0.5, 0.6) is 0 Å². The summed E-state index contributed by atoms with van der Waals surface area (Å²) in [6.07, 6.45) is 8.38. The average Bonchev–Trinajstić information content (AvgIpc) is 2.82. The zero-order valence-corrected chi connectivity index (χ0v) is 9.43. The summed E-state index contributed by atoms with van der Waals surface area (Å²) in [6, 6.07) is 5.68. The lowest BCUT2D eigenvalue weighted by Gasteiger charge is -2.06. The Morgan fingerprint density at radius 3 is 3.00 bits per heavy atom. The summed E-state index contributed by atoms with van der Waals surface area (Å²) in [6.45, 7) is 0. The minimum Gasteiger partial charge on any atom is -0.245 e. The first-order valence-electron chi connectivity index (χ1n) is 5.81. The Hall–Kier alpha value is -2.15. The van der Waals surface area contributed by atoms with Gasteiger partial charge in [-0.05, 0) is 37.3 Å². The Bertz CT molecular complexity index is 568. The molecule has 0 amide bonds. The third-order valence-corrected chi connectivity index (χ3v) is 3.11. The van der Waals surface area contributed by atoms with Crippen LogP contribution in [-0.2, 0) is 12.8 Å². The van der Waals surface area contributed by atoms with Gasteiger partial charge in [-0.3, -0.25) is 0 Å². The maximum Gasteiger partial charge on any atom is 0.142 e. The molecule has 84 valence electrons. The first-order valence-corrected chi connectivity index (χ1v) is 5.81. The molecule has 17 heavy (non-hydrogen) atoms. The van der Waals surface area contributed by atoms with E-state index in [1.54, 1.807) is 12.3 Å². The topological polar surface area (TPSA) is 54.5 Å². The second kappa shape index (κ2) is 4.02. The molecule has 4 nitrogen and oxygen atoms in total. The van der Waals surface area contributed by atoms with Crippen LogP contribution in [0.2, 0.25) is 0 Å². The fourth-order valence-electron chi connectivity index (χ4n) is 2.23. The Morgan fingerprint density at radius 1 is 1.29 bits per heavy atom. The van der Waals surface area contributed by atoms with E-state index in [-0.39, 0.29) is 0 Å². The van der Waals surface area contributed by atoms with E-state index >= 15 is 0 Å². The molecule has 0 aliphatic heterocycles. The number of pyridine rings is 1. The van der Waals surface area contributed by atoms with Gasteiger partial charge < -0.3 is 0 Å². The van der Waals surface area contributed by atoms with E-state index < -0.39 is 0 Å². The molecule has 0 saturated heterocycles. The van der Waals surface area contributed by atoms with Gasteiger partial charge >= 0.3 is 0 Å². The first kappa shape index (κ1) is 10.0. The molecule has 0 N–H and O–H groups in total. The minimum absolute atomic E-state index is 0.427. The molecule has 1 aliphatic carbocycles. The van der Waals surface area contributed by atoms with Crippen LogP contribution in [0.1, 0.15) is 29.8 Å². The highest BCUT2D eigenvalue weighted by molar-refractivity contribution is 5.37. The molecular weight excluding hydrogens is 212 g/mol. The molecule has 2 aromatic heterocycles. The van der Waals surface area contributed by atoms with Crippen molar-refractivity contribution in [3.63, 3.8) is 0 Å². The Morgan fingerprint density at radius 2 is 2.18 bits per heavy atom. The van der Waals surface area contributed by atoms with Crippen molar-refractivity contribution in [2.24, 2.45) is 0 Å². The molecule has 1 aliphatic rings. The molecule has 0 aromatic carbocycles. The molecule has 0 fully saturated rings. The number of rotatable bonds is 1. The minimum atomic E-state index is 0.427. The zero-order valence-electron chi connectivity index (χ0n) is 9.43. The average molecular weight is 224 g/mol. The van der Waals surface area contributed by atoms with Crippen LogP contribution in [0.15, 0.2) is 24.5 Å². The van der Waals surface area contributed by atoms with Gasteiger partial charge in [-0.1, -0.05) is 0 Å². The van der Waals surface area contributed by atoms with E-state index in [4.69, 9.17) is 5.26 Å². The molecule has 0 bridgehead atoms. The van der Waals surface area contributed by atoms with E-state index in [2.05, 4.69) is 16.3 Å². The van der Waals surface area contributed by atoms with Crippen LogP contribution in [0.25, 0.3) is 5.69 Å². The van der Waals surface area contributed by atoms with Gasteiger partial charge in [-0.25, -0.2) is 9.67 Å². The summed E-state index contributed by atoms with van der Waals surface area (Å²) in [5.74, 6) is 0. The predicted molar refractivity (Wildman–Crippen MR) is 62.7 cm³/mol. The van der Waals surface area contributed by atoms with E-state index in [0.717, 1.165) is 18.5 Å².